The minimum absolute atomic E-state index is 0.285. The summed E-state index contributed by atoms with van der Waals surface area (Å²) in [4.78, 5) is 28.6. The average Bonchev–Trinajstić information content (AvgIpc) is 3.24. The van der Waals surface area contributed by atoms with Gasteiger partial charge in [-0.3, -0.25) is 9.59 Å². The zero-order chi connectivity index (χ0) is 19.8. The van der Waals surface area contributed by atoms with E-state index in [9.17, 15) is 9.59 Å². The van der Waals surface area contributed by atoms with Gasteiger partial charge in [0.2, 0.25) is 0 Å². The van der Waals surface area contributed by atoms with Gasteiger partial charge < -0.3 is 5.32 Å². The van der Waals surface area contributed by atoms with Gasteiger partial charge in [-0.25, -0.2) is 4.90 Å². The van der Waals surface area contributed by atoms with Crippen LogP contribution in [0.25, 0.3) is 5.57 Å². The van der Waals surface area contributed by atoms with Gasteiger partial charge in [0.1, 0.15) is 5.70 Å². The summed E-state index contributed by atoms with van der Waals surface area (Å²) in [6.07, 6.45) is 0. The van der Waals surface area contributed by atoms with Crippen LogP contribution in [0.1, 0.15) is 16.0 Å². The van der Waals surface area contributed by atoms with Crippen LogP contribution in [0, 0.1) is 13.8 Å². The summed E-state index contributed by atoms with van der Waals surface area (Å²) in [5, 5.41) is 5.63. The lowest BCUT2D eigenvalue weighted by Crippen LogP contribution is -2.33. The number of hydrogen-bond donors (Lipinski definition) is 1. The molecular weight excluding hydrogens is 392 g/mol. The van der Waals surface area contributed by atoms with Gasteiger partial charge in [-0.15, -0.1) is 11.3 Å². The van der Waals surface area contributed by atoms with Crippen molar-refractivity contribution in [2.45, 2.75) is 13.8 Å². The predicted molar refractivity (Wildman–Crippen MR) is 115 cm³/mol. The molecule has 0 spiro atoms. The highest BCUT2D eigenvalue weighted by atomic mass is 35.5. The molecule has 4 nitrogen and oxygen atoms in total. The summed E-state index contributed by atoms with van der Waals surface area (Å²) in [6.45, 7) is 3.81. The maximum atomic E-state index is 13.3. The molecule has 2 aromatic carbocycles. The van der Waals surface area contributed by atoms with Gasteiger partial charge in [0, 0.05) is 15.6 Å². The van der Waals surface area contributed by atoms with Crippen molar-refractivity contribution < 1.29 is 9.59 Å². The molecule has 1 N–H and O–H groups in total. The Balaban J connectivity index is 1.82. The van der Waals surface area contributed by atoms with Gasteiger partial charge in [0.25, 0.3) is 11.8 Å². The normalized spacial score (nSPS) is 14.2. The van der Waals surface area contributed by atoms with Crippen LogP contribution in [0.5, 0.6) is 0 Å². The second-order valence-corrected chi connectivity index (χ2v) is 7.98. The molecule has 2 amide bonds. The number of nitrogens with zero attached hydrogens (tertiary/aromatic N) is 1. The number of imide groups is 1. The summed E-state index contributed by atoms with van der Waals surface area (Å²) in [5.41, 5.74) is 3.79. The van der Waals surface area contributed by atoms with Crippen molar-refractivity contribution in [1.82, 2.24) is 0 Å². The molecule has 1 aromatic heterocycles. The highest BCUT2D eigenvalue weighted by Gasteiger charge is 2.41. The number of carbonyl (C=O) groups is 2. The zero-order valence-corrected chi connectivity index (χ0v) is 16.9. The molecule has 140 valence electrons. The number of thiophene rings is 1. The second-order valence-electron chi connectivity index (χ2n) is 6.60. The number of rotatable bonds is 4. The Morgan fingerprint density at radius 2 is 1.79 bits per heavy atom. The van der Waals surface area contributed by atoms with Crippen molar-refractivity contribution in [2.24, 2.45) is 0 Å². The lowest BCUT2D eigenvalue weighted by atomic mass is 10.1. The van der Waals surface area contributed by atoms with Crippen LogP contribution in [0.2, 0.25) is 5.02 Å². The predicted octanol–water partition coefficient (Wildman–Crippen LogP) is 5.41. The fourth-order valence-corrected chi connectivity index (χ4v) is 4.25. The van der Waals surface area contributed by atoms with Crippen molar-refractivity contribution in [3.8, 4) is 0 Å². The van der Waals surface area contributed by atoms with E-state index in [2.05, 4.69) is 5.32 Å². The van der Waals surface area contributed by atoms with E-state index in [1.54, 1.807) is 18.2 Å². The van der Waals surface area contributed by atoms with Gasteiger partial charge in [0.15, 0.2) is 0 Å². The van der Waals surface area contributed by atoms with Crippen molar-refractivity contribution in [3.63, 3.8) is 0 Å². The largest absolute Gasteiger partial charge is 0.350 e. The zero-order valence-electron chi connectivity index (χ0n) is 15.3. The maximum absolute atomic E-state index is 13.3. The number of anilines is 2. The monoisotopic (exact) mass is 408 g/mol. The van der Waals surface area contributed by atoms with Crippen molar-refractivity contribution in [1.29, 1.82) is 0 Å². The number of nitrogens with one attached hydrogen (secondary N) is 1. The summed E-state index contributed by atoms with van der Waals surface area (Å²) in [5.74, 6) is -0.714. The Hall–Kier alpha value is -2.89. The quantitative estimate of drug-likeness (QED) is 0.587. The number of hydrogen-bond acceptors (Lipinski definition) is 4. The first-order valence-electron chi connectivity index (χ1n) is 8.72. The Morgan fingerprint density at radius 1 is 0.964 bits per heavy atom. The number of amides is 2. The van der Waals surface area contributed by atoms with E-state index in [0.29, 0.717) is 16.3 Å². The Kier molecular flexibility index (Phi) is 4.79. The molecule has 0 aliphatic carbocycles. The Morgan fingerprint density at radius 3 is 2.46 bits per heavy atom. The van der Waals surface area contributed by atoms with Crippen molar-refractivity contribution in [3.05, 3.63) is 86.7 Å². The molecule has 1 aliphatic heterocycles. The summed E-state index contributed by atoms with van der Waals surface area (Å²) in [7, 11) is 0. The van der Waals surface area contributed by atoms with Crippen LogP contribution in [0.3, 0.4) is 0 Å². The van der Waals surface area contributed by atoms with E-state index in [1.165, 1.54) is 16.2 Å². The minimum Gasteiger partial charge on any atom is -0.350 e. The topological polar surface area (TPSA) is 49.4 Å². The Labute approximate surface area is 172 Å². The molecule has 1 aliphatic rings. The fraction of sp³-hybridized carbons (Fsp3) is 0.0909. The first-order valence-corrected chi connectivity index (χ1v) is 9.98. The molecule has 0 saturated carbocycles. The first-order chi connectivity index (χ1) is 13.5. The molecule has 6 heteroatoms. The molecule has 0 radical (unpaired) electrons. The van der Waals surface area contributed by atoms with E-state index < -0.39 is 0 Å². The Bertz CT molecular complexity index is 1120. The van der Waals surface area contributed by atoms with Crippen molar-refractivity contribution in [2.75, 3.05) is 10.2 Å². The molecular formula is C22H17ClN2O2S. The molecule has 0 atom stereocenters. The highest BCUT2D eigenvalue weighted by molar-refractivity contribution is 7.11. The summed E-state index contributed by atoms with van der Waals surface area (Å²) < 4.78 is 0. The van der Waals surface area contributed by atoms with Crippen LogP contribution in [0.15, 0.2) is 65.7 Å². The molecule has 0 fully saturated rings. The first kappa shape index (κ1) is 18.5. The standard InChI is InChI=1S/C22H17ClN2O2S/c1-13-5-3-6-16(11-13)24-20-19(18-7-4-10-28-18)21(26)25(22(20)27)17-9-8-15(23)12-14(17)2/h3-12,24H,1-2H3. The van der Waals surface area contributed by atoms with Crippen LogP contribution in [-0.4, -0.2) is 11.8 Å². The summed E-state index contributed by atoms with van der Waals surface area (Å²) in [6, 6.07) is 16.5. The van der Waals surface area contributed by atoms with Gasteiger partial charge in [-0.05, 0) is 66.8 Å². The average molecular weight is 409 g/mol. The molecule has 28 heavy (non-hydrogen) atoms. The van der Waals surface area contributed by atoms with Crippen LogP contribution in [0.4, 0.5) is 11.4 Å². The van der Waals surface area contributed by atoms with E-state index in [-0.39, 0.29) is 17.5 Å². The van der Waals surface area contributed by atoms with Gasteiger partial charge in [-0.1, -0.05) is 29.8 Å². The summed E-state index contributed by atoms with van der Waals surface area (Å²) >= 11 is 7.48. The molecule has 0 unspecified atom stereocenters. The highest BCUT2D eigenvalue weighted by Crippen LogP contribution is 2.37. The number of carbonyl (C=O) groups excluding carboxylic acids is 2. The lowest BCUT2D eigenvalue weighted by Gasteiger charge is -2.18. The molecule has 4 rings (SSSR count). The third kappa shape index (κ3) is 3.23. The number of aryl methyl sites for hydroxylation is 2. The number of halogens is 1. The molecule has 0 bridgehead atoms. The maximum Gasteiger partial charge on any atom is 0.282 e. The SMILES string of the molecule is Cc1cccc(NC2=C(c3cccs3)C(=O)N(c3ccc(Cl)cc3C)C2=O)c1. The van der Waals surface area contributed by atoms with Gasteiger partial charge in [-0.2, -0.15) is 0 Å². The van der Waals surface area contributed by atoms with Gasteiger partial charge in [0.05, 0.1) is 11.3 Å². The number of benzene rings is 2. The van der Waals surface area contributed by atoms with E-state index in [1.807, 2.05) is 55.6 Å². The minimum atomic E-state index is -0.375. The van der Waals surface area contributed by atoms with Crippen molar-refractivity contribution >= 4 is 51.7 Å². The van der Waals surface area contributed by atoms with Crippen LogP contribution < -0.4 is 10.2 Å². The smallest absolute Gasteiger partial charge is 0.282 e. The molecule has 3 aromatic rings. The van der Waals surface area contributed by atoms with E-state index in [0.717, 1.165) is 21.7 Å². The van der Waals surface area contributed by atoms with Crippen LogP contribution >= 0.6 is 22.9 Å². The van der Waals surface area contributed by atoms with Gasteiger partial charge >= 0.3 is 0 Å². The van der Waals surface area contributed by atoms with E-state index >= 15 is 0 Å². The van der Waals surface area contributed by atoms with Crippen LogP contribution in [-0.2, 0) is 9.59 Å². The third-order valence-corrected chi connectivity index (χ3v) is 5.66. The lowest BCUT2D eigenvalue weighted by molar-refractivity contribution is -0.120. The molecule has 2 heterocycles. The molecule has 0 saturated heterocycles. The second kappa shape index (κ2) is 7.26. The van der Waals surface area contributed by atoms with E-state index in [4.69, 9.17) is 11.6 Å². The fourth-order valence-electron chi connectivity index (χ4n) is 3.25. The third-order valence-electron chi connectivity index (χ3n) is 4.54.